The van der Waals surface area contributed by atoms with Crippen molar-refractivity contribution < 1.29 is 9.32 Å². The molecule has 1 saturated heterocycles. The molecule has 5 heteroatoms. The van der Waals surface area contributed by atoms with E-state index < -0.39 is 0 Å². The summed E-state index contributed by atoms with van der Waals surface area (Å²) in [5, 5.41) is 5.20. The number of likely N-dealkylation sites (tertiary alicyclic amines) is 1. The number of para-hydroxylation sites is 1. The van der Waals surface area contributed by atoms with E-state index in [-0.39, 0.29) is 5.91 Å². The third-order valence-corrected chi connectivity index (χ3v) is 4.62. The van der Waals surface area contributed by atoms with Gasteiger partial charge in [-0.25, -0.2) is 0 Å². The number of fused-ring (bicyclic) bond motifs is 1. The summed E-state index contributed by atoms with van der Waals surface area (Å²) in [6, 6.07) is 10.2. The van der Waals surface area contributed by atoms with Crippen LogP contribution in [0.1, 0.15) is 22.9 Å². The lowest BCUT2D eigenvalue weighted by Crippen LogP contribution is -2.49. The lowest BCUT2D eigenvalue weighted by Gasteiger charge is -2.38. The van der Waals surface area contributed by atoms with Crippen LogP contribution in [0.15, 0.2) is 41.1 Å². The average Bonchev–Trinajstić information content (AvgIpc) is 3.03. The minimum absolute atomic E-state index is 0.179. The largest absolute Gasteiger partial charge is 0.361 e. The Bertz CT molecular complexity index is 871. The minimum Gasteiger partial charge on any atom is -0.361 e. The fourth-order valence-electron chi connectivity index (χ4n) is 3.29. The van der Waals surface area contributed by atoms with Gasteiger partial charge in [-0.3, -0.25) is 4.79 Å². The fourth-order valence-corrected chi connectivity index (χ4v) is 3.29. The van der Waals surface area contributed by atoms with Crippen molar-refractivity contribution in [3.8, 4) is 0 Å². The van der Waals surface area contributed by atoms with Gasteiger partial charge >= 0.3 is 0 Å². The van der Waals surface area contributed by atoms with E-state index in [0.717, 1.165) is 41.0 Å². The van der Waals surface area contributed by atoms with Crippen LogP contribution in [0.2, 0.25) is 0 Å². The van der Waals surface area contributed by atoms with E-state index in [1.54, 1.807) is 0 Å². The number of hydrogen-bond acceptors (Lipinski definition) is 3. The molecule has 4 rings (SSSR count). The predicted octanol–water partition coefficient (Wildman–Crippen LogP) is 2.64. The van der Waals surface area contributed by atoms with Crippen LogP contribution < -0.4 is 0 Å². The molecular formula is C18H19N3O2. The van der Waals surface area contributed by atoms with E-state index in [2.05, 4.69) is 28.1 Å². The van der Waals surface area contributed by atoms with E-state index in [1.807, 2.05) is 37.1 Å². The van der Waals surface area contributed by atoms with Crippen LogP contribution in [0.4, 0.5) is 0 Å². The summed E-state index contributed by atoms with van der Waals surface area (Å²) in [7, 11) is 2.02. The highest BCUT2D eigenvalue weighted by molar-refractivity contribution is 5.89. The summed E-state index contributed by atoms with van der Waals surface area (Å²) in [6.45, 7) is 3.35. The van der Waals surface area contributed by atoms with Crippen molar-refractivity contribution in [3.05, 3.63) is 53.5 Å². The summed E-state index contributed by atoms with van der Waals surface area (Å²) in [4.78, 5) is 14.4. The van der Waals surface area contributed by atoms with Crippen molar-refractivity contribution in [2.24, 2.45) is 7.05 Å². The molecule has 0 aliphatic carbocycles. The molecule has 0 unspecified atom stereocenters. The van der Waals surface area contributed by atoms with Gasteiger partial charge in [0.05, 0.1) is 12.1 Å². The van der Waals surface area contributed by atoms with Crippen LogP contribution in [0.25, 0.3) is 10.9 Å². The van der Waals surface area contributed by atoms with Gasteiger partial charge in [-0.1, -0.05) is 23.4 Å². The van der Waals surface area contributed by atoms with Gasteiger partial charge < -0.3 is 14.0 Å². The number of aryl methyl sites for hydroxylation is 2. The first-order valence-electron chi connectivity index (χ1n) is 7.86. The Kier molecular flexibility index (Phi) is 3.22. The number of benzene rings is 1. The lowest BCUT2D eigenvalue weighted by atomic mass is 9.95. The van der Waals surface area contributed by atoms with Crippen molar-refractivity contribution in [2.45, 2.75) is 19.3 Å². The Labute approximate surface area is 134 Å². The highest BCUT2D eigenvalue weighted by Crippen LogP contribution is 2.28. The van der Waals surface area contributed by atoms with E-state index in [0.29, 0.717) is 12.3 Å². The zero-order valence-corrected chi connectivity index (χ0v) is 13.3. The van der Waals surface area contributed by atoms with Gasteiger partial charge in [-0.2, -0.15) is 0 Å². The predicted molar refractivity (Wildman–Crippen MR) is 87.2 cm³/mol. The van der Waals surface area contributed by atoms with E-state index in [4.69, 9.17) is 4.52 Å². The maximum Gasteiger partial charge on any atom is 0.227 e. The molecule has 0 N–H and O–H groups in total. The molecule has 1 aromatic carbocycles. The van der Waals surface area contributed by atoms with E-state index in [9.17, 15) is 4.79 Å². The van der Waals surface area contributed by atoms with E-state index >= 15 is 0 Å². The van der Waals surface area contributed by atoms with Crippen LogP contribution in [0.5, 0.6) is 0 Å². The molecule has 1 aliphatic rings. The van der Waals surface area contributed by atoms with Crippen molar-refractivity contribution in [2.75, 3.05) is 13.1 Å². The number of aromatic nitrogens is 2. The summed E-state index contributed by atoms with van der Waals surface area (Å²) in [5.41, 5.74) is 3.21. The lowest BCUT2D eigenvalue weighted by molar-refractivity contribution is -0.134. The second-order valence-electron chi connectivity index (χ2n) is 6.32. The highest BCUT2D eigenvalue weighted by Gasteiger charge is 2.33. The van der Waals surface area contributed by atoms with Crippen molar-refractivity contribution >= 4 is 16.8 Å². The maximum atomic E-state index is 12.5. The molecule has 0 bridgehead atoms. The molecule has 0 radical (unpaired) electrons. The SMILES string of the molecule is Cc1cc(C2CN(C(=O)Cc3cn(C)c4ccccc34)C2)no1. The molecule has 3 heterocycles. The molecule has 1 amide bonds. The Balaban J connectivity index is 1.45. The first-order chi connectivity index (χ1) is 11.1. The molecule has 118 valence electrons. The Hall–Kier alpha value is -2.56. The number of nitrogens with zero attached hydrogens (tertiary/aromatic N) is 3. The smallest absolute Gasteiger partial charge is 0.227 e. The first kappa shape index (κ1) is 14.1. The van der Waals surface area contributed by atoms with E-state index in [1.165, 1.54) is 0 Å². The fraction of sp³-hybridized carbons (Fsp3) is 0.333. The normalized spacial score (nSPS) is 15.1. The van der Waals surface area contributed by atoms with Gasteiger partial charge in [-0.05, 0) is 18.6 Å². The Morgan fingerprint density at radius 1 is 1.35 bits per heavy atom. The summed E-state index contributed by atoms with van der Waals surface area (Å²) >= 11 is 0. The molecule has 1 fully saturated rings. The number of hydrogen-bond donors (Lipinski definition) is 0. The standard InChI is InChI=1S/C18H19N3O2/c1-12-7-16(19-23-12)14-10-21(11-14)18(22)8-13-9-20(2)17-6-4-3-5-15(13)17/h3-7,9,14H,8,10-11H2,1-2H3. The zero-order chi connectivity index (χ0) is 16.0. The second-order valence-corrected chi connectivity index (χ2v) is 6.32. The van der Waals surface area contributed by atoms with Crippen molar-refractivity contribution in [1.82, 2.24) is 14.6 Å². The monoisotopic (exact) mass is 309 g/mol. The molecule has 23 heavy (non-hydrogen) atoms. The summed E-state index contributed by atoms with van der Waals surface area (Å²) in [5.74, 6) is 1.31. The van der Waals surface area contributed by atoms with Crippen LogP contribution in [0, 0.1) is 6.92 Å². The molecule has 0 saturated carbocycles. The topological polar surface area (TPSA) is 51.3 Å². The minimum atomic E-state index is 0.179. The number of carbonyl (C=O) groups excluding carboxylic acids is 1. The van der Waals surface area contributed by atoms with Crippen LogP contribution in [-0.2, 0) is 18.3 Å². The number of amides is 1. The van der Waals surface area contributed by atoms with Crippen molar-refractivity contribution in [1.29, 1.82) is 0 Å². The molecule has 3 aromatic rings. The summed E-state index contributed by atoms with van der Waals surface area (Å²) in [6.07, 6.45) is 2.51. The maximum absolute atomic E-state index is 12.5. The van der Waals surface area contributed by atoms with Gasteiger partial charge in [-0.15, -0.1) is 0 Å². The Morgan fingerprint density at radius 3 is 2.87 bits per heavy atom. The average molecular weight is 309 g/mol. The molecule has 1 aliphatic heterocycles. The van der Waals surface area contributed by atoms with Gasteiger partial charge in [0.25, 0.3) is 0 Å². The quantitative estimate of drug-likeness (QED) is 0.747. The third kappa shape index (κ3) is 2.42. The first-order valence-corrected chi connectivity index (χ1v) is 7.86. The molecule has 0 spiro atoms. The number of carbonyl (C=O) groups is 1. The molecule has 0 atom stereocenters. The third-order valence-electron chi connectivity index (χ3n) is 4.62. The highest BCUT2D eigenvalue weighted by atomic mass is 16.5. The number of rotatable bonds is 3. The molecular weight excluding hydrogens is 290 g/mol. The second kappa shape index (κ2) is 5.26. The van der Waals surface area contributed by atoms with Gasteiger partial charge in [0.1, 0.15) is 5.76 Å². The Morgan fingerprint density at radius 2 is 2.13 bits per heavy atom. The molecule has 2 aromatic heterocycles. The van der Waals surface area contributed by atoms with Gasteiger partial charge in [0, 0.05) is 49.2 Å². The zero-order valence-electron chi connectivity index (χ0n) is 13.3. The van der Waals surface area contributed by atoms with Crippen LogP contribution in [-0.4, -0.2) is 33.6 Å². The van der Waals surface area contributed by atoms with Crippen LogP contribution >= 0.6 is 0 Å². The summed E-state index contributed by atoms with van der Waals surface area (Å²) < 4.78 is 7.19. The van der Waals surface area contributed by atoms with Crippen molar-refractivity contribution in [3.63, 3.8) is 0 Å². The van der Waals surface area contributed by atoms with Gasteiger partial charge in [0.2, 0.25) is 5.91 Å². The molecule has 5 nitrogen and oxygen atoms in total. The van der Waals surface area contributed by atoms with Crippen LogP contribution in [0.3, 0.4) is 0 Å². The van der Waals surface area contributed by atoms with Gasteiger partial charge in [0.15, 0.2) is 0 Å².